The molecule has 0 saturated carbocycles. The van der Waals surface area contributed by atoms with Crippen LogP contribution in [0, 0.1) is 0 Å². The molecule has 0 aliphatic rings. The predicted molar refractivity (Wildman–Crippen MR) is 88.6 cm³/mol. The molecule has 22 heavy (non-hydrogen) atoms. The molecule has 2 aromatic carbocycles. The second kappa shape index (κ2) is 6.94. The molecule has 1 atom stereocenters. The van der Waals surface area contributed by atoms with Crippen molar-refractivity contribution in [1.29, 1.82) is 0 Å². The lowest BCUT2D eigenvalue weighted by Gasteiger charge is -2.14. The van der Waals surface area contributed by atoms with Crippen molar-refractivity contribution < 1.29 is 13.2 Å². The highest BCUT2D eigenvalue weighted by Gasteiger charge is 2.28. The monoisotopic (exact) mass is 337 g/mol. The van der Waals surface area contributed by atoms with Crippen LogP contribution in [0.1, 0.15) is 12.5 Å². The van der Waals surface area contributed by atoms with Crippen molar-refractivity contribution in [3.05, 3.63) is 65.2 Å². The molecule has 2 rings (SSSR count). The van der Waals surface area contributed by atoms with Gasteiger partial charge >= 0.3 is 0 Å². The van der Waals surface area contributed by atoms with E-state index in [1.165, 1.54) is 6.92 Å². The van der Waals surface area contributed by atoms with Gasteiger partial charge in [0.2, 0.25) is 5.91 Å². The second-order valence-electron chi connectivity index (χ2n) is 4.90. The third kappa shape index (κ3) is 4.08. The van der Waals surface area contributed by atoms with Crippen LogP contribution in [0.25, 0.3) is 0 Å². The Kier molecular flexibility index (Phi) is 5.21. The fourth-order valence-electron chi connectivity index (χ4n) is 1.89. The van der Waals surface area contributed by atoms with E-state index in [1.54, 1.807) is 48.5 Å². The van der Waals surface area contributed by atoms with E-state index in [4.69, 9.17) is 11.6 Å². The van der Waals surface area contributed by atoms with Crippen molar-refractivity contribution in [2.75, 3.05) is 5.32 Å². The smallest absolute Gasteiger partial charge is 0.242 e. The molecular weight excluding hydrogens is 322 g/mol. The molecule has 0 fully saturated rings. The van der Waals surface area contributed by atoms with Crippen LogP contribution in [0.4, 0.5) is 5.69 Å². The van der Waals surface area contributed by atoms with Crippen molar-refractivity contribution in [1.82, 2.24) is 0 Å². The fourth-order valence-corrected chi connectivity index (χ4v) is 3.49. The first-order chi connectivity index (χ1) is 10.4. The molecule has 0 aromatic heterocycles. The summed E-state index contributed by atoms with van der Waals surface area (Å²) in [6, 6.07) is 15.4. The number of anilines is 1. The average Bonchev–Trinajstić information content (AvgIpc) is 2.49. The van der Waals surface area contributed by atoms with Crippen LogP contribution in [0.15, 0.2) is 54.6 Å². The van der Waals surface area contributed by atoms with Gasteiger partial charge in [-0.3, -0.25) is 4.79 Å². The van der Waals surface area contributed by atoms with E-state index in [1.807, 2.05) is 6.07 Å². The highest BCUT2D eigenvalue weighted by molar-refractivity contribution is 7.92. The lowest BCUT2D eigenvalue weighted by molar-refractivity contribution is -0.115. The average molecular weight is 338 g/mol. The van der Waals surface area contributed by atoms with Crippen molar-refractivity contribution in [2.45, 2.75) is 17.9 Å². The molecule has 0 saturated heterocycles. The van der Waals surface area contributed by atoms with Gasteiger partial charge in [-0.25, -0.2) is 8.42 Å². The highest BCUT2D eigenvalue weighted by atomic mass is 35.5. The van der Waals surface area contributed by atoms with E-state index in [9.17, 15) is 13.2 Å². The number of nitrogens with one attached hydrogen (secondary N) is 1. The summed E-state index contributed by atoms with van der Waals surface area (Å²) in [5.41, 5.74) is 1.05. The Morgan fingerprint density at radius 3 is 2.32 bits per heavy atom. The molecular formula is C16H16ClNO3S. The topological polar surface area (TPSA) is 63.2 Å². The van der Waals surface area contributed by atoms with Gasteiger partial charge < -0.3 is 5.32 Å². The summed E-state index contributed by atoms with van der Waals surface area (Å²) in [6.45, 7) is 1.38. The lowest BCUT2D eigenvalue weighted by atomic mass is 10.2. The summed E-state index contributed by atoms with van der Waals surface area (Å²) in [6.07, 6.45) is 0. The minimum atomic E-state index is -3.65. The SMILES string of the molecule is CC(C(=O)Nc1ccccc1)S(=O)(=O)Cc1ccccc1Cl. The van der Waals surface area contributed by atoms with E-state index in [0.717, 1.165) is 0 Å². The number of benzene rings is 2. The van der Waals surface area contributed by atoms with Gasteiger partial charge in [-0.1, -0.05) is 48.0 Å². The van der Waals surface area contributed by atoms with Gasteiger partial charge in [0.25, 0.3) is 0 Å². The van der Waals surface area contributed by atoms with Crippen LogP contribution in [0.2, 0.25) is 5.02 Å². The van der Waals surface area contributed by atoms with Gasteiger partial charge in [0.15, 0.2) is 9.84 Å². The van der Waals surface area contributed by atoms with E-state index in [2.05, 4.69) is 5.32 Å². The molecule has 116 valence electrons. The first-order valence-corrected chi connectivity index (χ1v) is 8.80. The van der Waals surface area contributed by atoms with Crippen LogP contribution in [0.5, 0.6) is 0 Å². The Bertz CT molecular complexity index is 760. The molecule has 4 nitrogen and oxygen atoms in total. The number of carbonyl (C=O) groups excluding carboxylic acids is 1. The molecule has 1 N–H and O–H groups in total. The Hall–Kier alpha value is -1.85. The molecule has 0 spiro atoms. The van der Waals surface area contributed by atoms with Crippen molar-refractivity contribution in [3.8, 4) is 0 Å². The van der Waals surface area contributed by atoms with Crippen LogP contribution >= 0.6 is 11.6 Å². The van der Waals surface area contributed by atoms with Crippen molar-refractivity contribution in [3.63, 3.8) is 0 Å². The summed E-state index contributed by atoms with van der Waals surface area (Å²) in [5.74, 6) is -0.825. The molecule has 0 heterocycles. The minimum absolute atomic E-state index is 0.268. The lowest BCUT2D eigenvalue weighted by Crippen LogP contribution is -2.33. The van der Waals surface area contributed by atoms with E-state index in [-0.39, 0.29) is 5.75 Å². The first kappa shape index (κ1) is 16.5. The predicted octanol–water partition coefficient (Wildman–Crippen LogP) is 3.28. The number of rotatable bonds is 5. The number of hydrogen-bond donors (Lipinski definition) is 1. The maximum Gasteiger partial charge on any atom is 0.242 e. The summed E-state index contributed by atoms with van der Waals surface area (Å²) < 4.78 is 24.7. The molecule has 1 amide bonds. The standard InChI is InChI=1S/C16H16ClNO3S/c1-12(16(19)18-14-8-3-2-4-9-14)22(20,21)11-13-7-5-6-10-15(13)17/h2-10,12H,11H2,1H3,(H,18,19). The Morgan fingerprint density at radius 2 is 1.68 bits per heavy atom. The van der Waals surface area contributed by atoms with E-state index in [0.29, 0.717) is 16.3 Å². The van der Waals surface area contributed by atoms with Gasteiger partial charge in [-0.05, 0) is 30.7 Å². The number of hydrogen-bond acceptors (Lipinski definition) is 3. The van der Waals surface area contributed by atoms with E-state index >= 15 is 0 Å². The summed E-state index contributed by atoms with van der Waals surface area (Å²) in [5, 5.41) is 1.81. The maximum atomic E-state index is 12.4. The number of para-hydroxylation sites is 1. The Labute approximate surface area is 135 Å². The fraction of sp³-hybridized carbons (Fsp3) is 0.188. The van der Waals surface area contributed by atoms with E-state index < -0.39 is 21.0 Å². The molecule has 2 aromatic rings. The third-order valence-electron chi connectivity index (χ3n) is 3.26. The van der Waals surface area contributed by atoms with Crippen LogP contribution in [0.3, 0.4) is 0 Å². The second-order valence-corrected chi connectivity index (χ2v) is 7.62. The Morgan fingerprint density at radius 1 is 1.09 bits per heavy atom. The number of carbonyl (C=O) groups is 1. The van der Waals surface area contributed by atoms with Gasteiger partial charge in [0.05, 0.1) is 5.75 Å². The van der Waals surface area contributed by atoms with Gasteiger partial charge in [-0.2, -0.15) is 0 Å². The van der Waals surface area contributed by atoms with Gasteiger partial charge in [-0.15, -0.1) is 0 Å². The molecule has 0 bridgehead atoms. The molecule has 0 aliphatic heterocycles. The normalized spacial score (nSPS) is 12.6. The third-order valence-corrected chi connectivity index (χ3v) is 5.64. The van der Waals surface area contributed by atoms with Gasteiger partial charge in [0.1, 0.15) is 5.25 Å². The largest absolute Gasteiger partial charge is 0.325 e. The highest BCUT2D eigenvalue weighted by Crippen LogP contribution is 2.20. The van der Waals surface area contributed by atoms with Crippen LogP contribution in [-0.4, -0.2) is 19.6 Å². The Balaban J connectivity index is 2.12. The van der Waals surface area contributed by atoms with Crippen molar-refractivity contribution in [2.24, 2.45) is 0 Å². The van der Waals surface area contributed by atoms with Crippen LogP contribution in [-0.2, 0) is 20.4 Å². The zero-order chi connectivity index (χ0) is 16.2. The molecule has 0 aliphatic carbocycles. The first-order valence-electron chi connectivity index (χ1n) is 6.71. The molecule has 6 heteroatoms. The molecule has 0 radical (unpaired) electrons. The maximum absolute atomic E-state index is 12.4. The summed E-state index contributed by atoms with van der Waals surface area (Å²) in [4.78, 5) is 12.1. The quantitative estimate of drug-likeness (QED) is 0.910. The van der Waals surface area contributed by atoms with Crippen molar-refractivity contribution >= 4 is 33.0 Å². The number of halogens is 1. The zero-order valence-electron chi connectivity index (χ0n) is 12.0. The molecule has 1 unspecified atom stereocenters. The van der Waals surface area contributed by atoms with Gasteiger partial charge in [0, 0.05) is 10.7 Å². The summed E-state index contributed by atoms with van der Waals surface area (Å²) in [7, 11) is -3.65. The summed E-state index contributed by atoms with van der Waals surface area (Å²) >= 11 is 5.98. The number of sulfone groups is 1. The minimum Gasteiger partial charge on any atom is -0.325 e. The zero-order valence-corrected chi connectivity index (χ0v) is 13.6. The number of amides is 1. The van der Waals surface area contributed by atoms with Crippen LogP contribution < -0.4 is 5.32 Å².